The molecule has 25 atom stereocenters. The molecule has 0 spiro atoms. The highest BCUT2D eigenvalue weighted by Gasteiger charge is 2.68. The molecule has 5 unspecified atom stereocenters. The van der Waals surface area contributed by atoms with Gasteiger partial charge >= 0.3 is 56.4 Å². The van der Waals surface area contributed by atoms with Crippen LogP contribution in [0.3, 0.4) is 0 Å². The van der Waals surface area contributed by atoms with Crippen LogP contribution in [0.15, 0.2) is 76.8 Å². The van der Waals surface area contributed by atoms with Crippen LogP contribution in [0.4, 0.5) is 38.1 Å². The van der Waals surface area contributed by atoms with Crippen molar-refractivity contribution >= 4 is 174 Å². The number of halogens is 11. The monoisotopic (exact) mass is 2100 g/mol. The minimum atomic E-state index is -3.26. The summed E-state index contributed by atoms with van der Waals surface area (Å²) < 4.78 is 210. The van der Waals surface area contributed by atoms with Crippen molar-refractivity contribution in [3.8, 4) is 5.88 Å². The van der Waals surface area contributed by atoms with E-state index >= 15 is 22.0 Å². The van der Waals surface area contributed by atoms with Crippen LogP contribution in [0.2, 0.25) is 0 Å². The molecule has 0 saturated carbocycles. The van der Waals surface area contributed by atoms with Gasteiger partial charge < -0.3 is 85.1 Å². The second kappa shape index (κ2) is 39.2. The standard InChI is InChI=1S/C15H20ClFN5O5PS.C13H17ClFN2O6PS.C12H14ClF2N2O6PS.C12H16ClFN3O5PS.C12H15ClFN2O6PS/c1-4-23-12-9-11(20-14(18)21-12)22(6-19-9)13-15(16,17)10-8(25-13)5-24-28(29,27-10)26-7(2)3;1-6(2)22-24(25)20-5-8-9(23-24)13(14,15)11(21-8)17-4-7(3)10(18)16-12(17)19;1-5(2)22-24(25)20-4-7-8(23-24)12(13,15)10(21-7)17-3-6(14)9(18)16-11(17)19;1-6(2)21-23(24)19-5-7-9(22-23)12(13,14)10(20-7)17-4-3-8(15)16-11(17)18;1-6(2)21-23(24)19-5-7-9(22-23)12(13,14)10(20-7)16-4-3-8(17)15-11(16)18/h6-8,10,13H,4-5H2,1-3H3,(H2,18,20,21);4,6,8-9,11H,5H2,1-3H3,(H,16,18,19);3,5,7-8,10H,4H2,1-2H3,(H,16,18,19);3-4,6-7,9-10H,5H2,1-2H3,(H2,15,16,18);3-4,6-7,9-10H,5H2,1-2H3,(H,15,17,18)/t8-,10-,13-,15-,28?;8-,9-,11-,13+,24?;7-,8-,10-,12+,24?;2*7-,9-,10-,12+,23?/m11111/s1. The molecule has 42 nitrogen and oxygen atoms in total. The zero-order chi connectivity index (χ0) is 93.5. The molecule has 10 aliphatic rings. The maximum Gasteiger partial charge on any atom is 0.351 e. The molecule has 708 valence electrons. The Labute approximate surface area is 764 Å². The minimum absolute atomic E-state index is 0.00566. The highest BCUT2D eigenvalue weighted by Crippen LogP contribution is 2.67. The van der Waals surface area contributed by atoms with Crippen molar-refractivity contribution < 1.29 is 123 Å². The average molecular weight is 2100 g/mol. The van der Waals surface area contributed by atoms with Crippen LogP contribution < -0.4 is 55.6 Å². The van der Waals surface area contributed by atoms with E-state index in [1.807, 2.05) is 4.98 Å². The third-order valence-electron chi connectivity index (χ3n) is 18.4. The van der Waals surface area contributed by atoms with Crippen LogP contribution in [-0.2, 0) is 151 Å². The topological polar surface area (TPSA) is 489 Å². The summed E-state index contributed by atoms with van der Waals surface area (Å²) >= 11 is 56.5. The second-order valence-electron chi connectivity index (χ2n) is 29.9. The van der Waals surface area contributed by atoms with Crippen LogP contribution in [0.25, 0.3) is 11.2 Å². The summed E-state index contributed by atoms with van der Waals surface area (Å²) in [6.45, 7) is 4.71. The number of nitrogens with two attached hydrogens (primary N) is 2. The maximum atomic E-state index is 15.8. The SMILES string of the molecule is CC(C)OP1(=S)OC[C@H]2O[C@@H](n3cc(F)c(=O)[nH]c3=O)[C@](F)(Cl)[C@@H]2O1.CC(C)OP1(=S)OC[C@H]2O[C@@H](n3ccc(=O)[nH]c3=O)[C@](F)(Cl)[C@@H]2O1.CC(C)OP1(=S)OC[C@H]2O[C@@H](n3ccc(N)nc3=O)[C@](F)(Cl)[C@@H]2O1.CCOc1nc(N)nc2c1ncn2[C@@H]1O[C@@H]2COP(=S)(OC(C)C)O[C@H]2[C@]1(F)Cl.Cc1cn([C@@H]2O[C@@H]3COP(=S)(OC(C)C)O[C@H]3[C@@]2(F)Cl)c(=O)[nH]c1=O. The Balaban J connectivity index is 0.000000144. The first-order chi connectivity index (χ1) is 59.0. The van der Waals surface area contributed by atoms with E-state index in [9.17, 15) is 38.0 Å². The highest BCUT2D eigenvalue weighted by molar-refractivity contribution is 8.08. The molecule has 0 aromatic carbocycles. The number of nitrogens with zero attached hydrogens (tertiary/aromatic N) is 9. The Morgan fingerprint density at radius 3 is 1.14 bits per heavy atom. The first-order valence-corrected chi connectivity index (χ1v) is 52.5. The Hall–Kier alpha value is -3.65. The molecule has 10 fully saturated rings. The van der Waals surface area contributed by atoms with E-state index in [2.05, 4.69) is 24.9 Å². The van der Waals surface area contributed by atoms with E-state index in [0.29, 0.717) is 22.9 Å². The minimum Gasteiger partial charge on any atom is -0.476 e. The zero-order valence-corrected chi connectivity index (χ0v) is 80.2. The number of rotatable bonds is 17. The van der Waals surface area contributed by atoms with Crippen molar-refractivity contribution in [3.63, 3.8) is 0 Å². The van der Waals surface area contributed by atoms with Gasteiger partial charge in [0.05, 0.1) is 82.7 Å². The predicted octanol–water partition coefficient (Wildman–Crippen LogP) is 9.02. The molecular formula is C64H82Cl5F6N14O28P5S5. The average Bonchev–Trinajstić information content (AvgIpc) is 1.55. The summed E-state index contributed by atoms with van der Waals surface area (Å²) in [7, 11) is 0. The molecule has 16 heterocycles. The van der Waals surface area contributed by atoms with Gasteiger partial charge in [0.1, 0.15) is 66.9 Å². The van der Waals surface area contributed by atoms with Crippen molar-refractivity contribution in [3.05, 3.63) is 128 Å². The van der Waals surface area contributed by atoms with E-state index in [-0.39, 0.29) is 92.4 Å². The molecule has 10 aliphatic heterocycles. The third-order valence-corrected chi connectivity index (χ3v) is 32.7. The molecule has 0 radical (unpaired) electrons. The number of anilines is 2. The van der Waals surface area contributed by atoms with Gasteiger partial charge in [0.2, 0.25) is 17.6 Å². The van der Waals surface area contributed by atoms with Crippen molar-refractivity contribution in [1.82, 2.24) is 57.7 Å². The molecule has 10 saturated heterocycles. The van der Waals surface area contributed by atoms with Gasteiger partial charge in [-0.3, -0.25) is 74.8 Å². The number of nitrogen functional groups attached to an aromatic ring is 2. The normalized spacial score (nSPS) is 37.7. The fourth-order valence-corrected chi connectivity index (χ4v) is 28.2. The fourth-order valence-electron chi connectivity index (χ4n) is 13.3. The number of ether oxygens (including phenoxy) is 6. The van der Waals surface area contributed by atoms with E-state index in [4.69, 9.17) is 225 Å². The second-order valence-corrected chi connectivity index (χ2v) is 47.4. The number of hydrogen-bond donors (Lipinski definition) is 5. The van der Waals surface area contributed by atoms with E-state index < -0.39 is 197 Å². The zero-order valence-electron chi connectivity index (χ0n) is 67.9. The number of alkyl halides is 10. The lowest BCUT2D eigenvalue weighted by atomic mass is 10.1. The quantitative estimate of drug-likeness (QED) is 0.0323. The Morgan fingerprint density at radius 1 is 0.472 bits per heavy atom. The lowest BCUT2D eigenvalue weighted by molar-refractivity contribution is -0.0659. The van der Waals surface area contributed by atoms with Crippen molar-refractivity contribution in [1.29, 1.82) is 0 Å². The van der Waals surface area contributed by atoms with Gasteiger partial charge in [-0.05, 0) is 148 Å². The first-order valence-electron chi connectivity index (χ1n) is 37.8. The summed E-state index contributed by atoms with van der Waals surface area (Å²) in [5, 5.41) is -13.0. The summed E-state index contributed by atoms with van der Waals surface area (Å²) in [6, 6.07) is 2.40. The third kappa shape index (κ3) is 22.2. The number of imidazole rings is 1. The lowest BCUT2D eigenvalue weighted by Crippen LogP contribution is -2.45. The van der Waals surface area contributed by atoms with Crippen LogP contribution in [0, 0.1) is 12.7 Å². The molecule has 63 heteroatoms. The first kappa shape index (κ1) is 102. The lowest BCUT2D eigenvalue weighted by Gasteiger charge is -2.35. The van der Waals surface area contributed by atoms with Gasteiger partial charge in [-0.2, -0.15) is 19.3 Å². The Kier molecular flexibility index (Phi) is 31.6. The molecule has 6 aromatic heterocycles. The molecule has 6 aromatic rings. The summed E-state index contributed by atoms with van der Waals surface area (Å²) in [5.41, 5.74) is 5.91. The smallest absolute Gasteiger partial charge is 0.351 e. The Morgan fingerprint density at radius 2 is 0.795 bits per heavy atom. The van der Waals surface area contributed by atoms with Crippen molar-refractivity contribution in [2.45, 2.75) is 231 Å². The van der Waals surface area contributed by atoms with Gasteiger partial charge in [-0.15, -0.1) is 0 Å². The highest BCUT2D eigenvalue weighted by atomic mass is 35.5. The molecule has 16 rings (SSSR count). The van der Waals surface area contributed by atoms with Gasteiger partial charge in [-0.1, -0.05) is 58.0 Å². The van der Waals surface area contributed by atoms with Crippen LogP contribution in [-0.4, -0.2) is 215 Å². The van der Waals surface area contributed by atoms with Crippen LogP contribution in [0.5, 0.6) is 5.88 Å². The number of aromatic nitrogens is 12. The Bertz CT molecular complexity index is 5660. The summed E-state index contributed by atoms with van der Waals surface area (Å²) in [5.74, 6) is -1.16. The fraction of sp³-hybridized carbons (Fsp3) is 0.672. The number of aromatic amines is 3. The molecule has 0 bridgehead atoms. The molecule has 7 N–H and O–H groups in total. The van der Waals surface area contributed by atoms with E-state index in [0.717, 1.165) is 26.0 Å². The summed E-state index contributed by atoms with van der Waals surface area (Å²) in [4.78, 5) is 103. The van der Waals surface area contributed by atoms with Gasteiger partial charge in [0.15, 0.2) is 42.3 Å². The molecule has 127 heavy (non-hydrogen) atoms. The maximum absolute atomic E-state index is 15.8. The van der Waals surface area contributed by atoms with Crippen LogP contribution >= 0.6 is 91.6 Å². The number of aryl methyl sites for hydroxylation is 1. The van der Waals surface area contributed by atoms with E-state index in [1.54, 1.807) is 81.1 Å². The number of fused-ring (bicyclic) bond motifs is 6. The van der Waals surface area contributed by atoms with Crippen LogP contribution in [0.1, 0.15) is 113 Å². The van der Waals surface area contributed by atoms with E-state index in [1.165, 1.54) is 36.3 Å². The number of hydrogen-bond acceptors (Lipinski definition) is 39. The molecular weight excluding hydrogens is 2020 g/mol. The molecule has 0 amide bonds. The molecule has 0 aliphatic carbocycles. The van der Waals surface area contributed by atoms with Crippen molar-refractivity contribution in [2.75, 3.05) is 51.1 Å². The van der Waals surface area contributed by atoms with Crippen molar-refractivity contribution in [2.24, 2.45) is 0 Å². The van der Waals surface area contributed by atoms with Gasteiger partial charge in [-0.25, -0.2) is 46.1 Å². The largest absolute Gasteiger partial charge is 0.476 e. The van der Waals surface area contributed by atoms with Gasteiger partial charge in [0.25, 0.3) is 42.3 Å². The van der Waals surface area contributed by atoms with Gasteiger partial charge in [0, 0.05) is 30.2 Å². The number of nitrogens with one attached hydrogen (secondary N) is 3. The predicted molar refractivity (Wildman–Crippen MR) is 457 cm³/mol. The summed E-state index contributed by atoms with van der Waals surface area (Å²) in [6.07, 6.45) is -14.4. The number of H-pyrrole nitrogens is 3.